The number of nitrogens with zero attached hydrogens (tertiary/aromatic N) is 14. The van der Waals surface area contributed by atoms with Crippen LogP contribution in [0.25, 0.3) is 11.4 Å². The van der Waals surface area contributed by atoms with Crippen LogP contribution in [0.2, 0.25) is 0 Å². The zero-order chi connectivity index (χ0) is 67.2. The van der Waals surface area contributed by atoms with Gasteiger partial charge < -0.3 is 48.0 Å². The Bertz CT molecular complexity index is 4400. The second-order valence-electron chi connectivity index (χ2n) is 26.1. The summed E-state index contributed by atoms with van der Waals surface area (Å²) in [6, 6.07) is 51.9. The molecule has 0 aliphatic carbocycles. The third-order valence-electron chi connectivity index (χ3n) is 19.6. The number of aryl methyl sites for hydroxylation is 1. The van der Waals surface area contributed by atoms with Crippen molar-refractivity contribution < 1.29 is 28.4 Å². The molecule has 2 unspecified atom stereocenters. The van der Waals surface area contributed by atoms with Gasteiger partial charge >= 0.3 is 11.4 Å². The molecular weight excluding hydrogens is 1240 g/mol. The smallest absolute Gasteiger partial charge is 0.350 e. The monoisotopic (exact) mass is 1320 g/mol. The minimum Gasteiger partial charge on any atom is -0.491 e. The van der Waals surface area contributed by atoms with Gasteiger partial charge in [0.2, 0.25) is 0 Å². The highest BCUT2D eigenvalue weighted by molar-refractivity contribution is 5.58. The first kappa shape index (κ1) is 65.3. The van der Waals surface area contributed by atoms with Gasteiger partial charge in [-0.1, -0.05) is 67.9 Å². The summed E-state index contributed by atoms with van der Waals surface area (Å²) in [6.45, 7) is 18.1. The lowest BCUT2D eigenvalue weighted by molar-refractivity contribution is -0.178. The van der Waals surface area contributed by atoms with Crippen LogP contribution in [0.5, 0.6) is 11.5 Å². The molecule has 98 heavy (non-hydrogen) atoms. The van der Waals surface area contributed by atoms with Crippen molar-refractivity contribution >= 4 is 22.7 Å². The number of piperazine rings is 2. The van der Waals surface area contributed by atoms with Crippen LogP contribution >= 0.6 is 0 Å². The van der Waals surface area contributed by atoms with Crippen molar-refractivity contribution in [1.82, 2.24) is 49.1 Å². The van der Waals surface area contributed by atoms with Crippen LogP contribution in [0.1, 0.15) is 91.6 Å². The fourth-order valence-electron chi connectivity index (χ4n) is 13.5. The van der Waals surface area contributed by atoms with Crippen molar-refractivity contribution in [2.24, 2.45) is 0 Å². The van der Waals surface area contributed by atoms with E-state index in [2.05, 4.69) is 168 Å². The average Bonchev–Trinajstić information content (AvgIpc) is 1.61. The summed E-state index contributed by atoms with van der Waals surface area (Å²) in [4.78, 5) is 35.9. The SMILES string of the molecule is CCC(C)n1ncn(-c2ccc(N3CCN(c4ccc(OC[C@@H]5CO[C@](Cc6ccnnc6)(c6ccc(Cc7cc(N8CCN(c9ccc(-n%10cnn(C(C)CC)c%10=O)cc9)CC8)ccc7OC[C@@H]7CO[C@](Cc8ccnnc8)(c8cccc(C)c8)O7)cc6)O5)cc4)CC3)cc2)c1=O. The number of anilines is 4. The molecule has 0 N–H and O–H groups in total. The van der Waals surface area contributed by atoms with Crippen molar-refractivity contribution in [3.05, 3.63) is 249 Å². The Balaban J connectivity index is 0.643. The minimum atomic E-state index is -1.11. The summed E-state index contributed by atoms with van der Waals surface area (Å²) in [5.41, 5.74) is 12.7. The molecule has 4 aliphatic rings. The minimum absolute atomic E-state index is 0.0243. The molecule has 22 nitrogen and oxygen atoms in total. The molecular formula is C76H84N14O8. The molecule has 8 heterocycles. The maximum atomic E-state index is 13.2. The second-order valence-corrected chi connectivity index (χ2v) is 26.1. The van der Waals surface area contributed by atoms with E-state index in [0.717, 1.165) is 150 Å². The van der Waals surface area contributed by atoms with Gasteiger partial charge in [-0.25, -0.2) is 28.1 Å². The van der Waals surface area contributed by atoms with Crippen LogP contribution in [-0.4, -0.2) is 140 Å². The van der Waals surface area contributed by atoms with E-state index in [4.69, 9.17) is 28.4 Å². The van der Waals surface area contributed by atoms with Crippen molar-refractivity contribution in [2.45, 2.75) is 103 Å². The lowest BCUT2D eigenvalue weighted by Crippen LogP contribution is -2.46. The summed E-state index contributed by atoms with van der Waals surface area (Å²) < 4.78 is 46.9. The van der Waals surface area contributed by atoms with Gasteiger partial charge in [0.1, 0.15) is 49.6 Å². The molecule has 4 aromatic heterocycles. The Labute approximate surface area is 570 Å². The largest absolute Gasteiger partial charge is 0.491 e. The molecule has 0 spiro atoms. The maximum Gasteiger partial charge on any atom is 0.350 e. The van der Waals surface area contributed by atoms with Gasteiger partial charge in [-0.2, -0.15) is 30.6 Å². The zero-order valence-electron chi connectivity index (χ0n) is 56.3. The van der Waals surface area contributed by atoms with Gasteiger partial charge in [0.05, 0.1) is 49.1 Å². The van der Waals surface area contributed by atoms with E-state index in [1.54, 1.807) is 55.9 Å². The Hall–Kier alpha value is -10.0. The summed E-state index contributed by atoms with van der Waals surface area (Å²) in [7, 11) is 0. The third-order valence-corrected chi connectivity index (χ3v) is 19.6. The van der Waals surface area contributed by atoms with E-state index in [1.165, 1.54) is 0 Å². The van der Waals surface area contributed by atoms with Gasteiger partial charge in [0.25, 0.3) is 0 Å². The predicted molar refractivity (Wildman–Crippen MR) is 375 cm³/mol. The topological polar surface area (TPSA) is 200 Å². The molecule has 0 bridgehead atoms. The lowest BCUT2D eigenvalue weighted by Gasteiger charge is -2.37. The molecule has 506 valence electrons. The fraction of sp³-hybridized carbons (Fsp3) is 0.368. The van der Waals surface area contributed by atoms with Gasteiger partial charge in [0, 0.05) is 123 Å². The molecule has 22 heteroatoms. The maximum absolute atomic E-state index is 13.2. The Morgan fingerprint density at radius 1 is 0.490 bits per heavy atom. The highest BCUT2D eigenvalue weighted by atomic mass is 16.8. The first-order valence-electron chi connectivity index (χ1n) is 34.2. The zero-order valence-corrected chi connectivity index (χ0v) is 56.3. The van der Waals surface area contributed by atoms with Crippen LogP contribution in [-0.2, 0) is 49.8 Å². The van der Waals surface area contributed by atoms with Crippen LogP contribution < -0.4 is 40.5 Å². The lowest BCUT2D eigenvalue weighted by atomic mass is 9.95. The summed E-state index contributed by atoms with van der Waals surface area (Å²) >= 11 is 0. The number of hydrogen-bond donors (Lipinski definition) is 0. The van der Waals surface area contributed by atoms with Crippen LogP contribution in [0.15, 0.2) is 199 Å². The molecule has 4 saturated heterocycles. The predicted octanol–water partition coefficient (Wildman–Crippen LogP) is 10.2. The van der Waals surface area contributed by atoms with Crippen LogP contribution in [0, 0.1) is 6.92 Å². The molecule has 10 aromatic rings. The van der Waals surface area contributed by atoms with E-state index in [9.17, 15) is 9.59 Å². The summed E-state index contributed by atoms with van der Waals surface area (Å²) in [5, 5.41) is 25.2. The molecule has 0 radical (unpaired) electrons. The van der Waals surface area contributed by atoms with Crippen LogP contribution in [0.3, 0.4) is 0 Å². The fourth-order valence-corrected chi connectivity index (χ4v) is 13.5. The van der Waals surface area contributed by atoms with Gasteiger partial charge in [-0.3, -0.25) is 0 Å². The van der Waals surface area contributed by atoms with E-state index in [-0.39, 0.29) is 42.3 Å². The molecule has 4 fully saturated rings. The van der Waals surface area contributed by atoms with Gasteiger partial charge in [0.15, 0.2) is 11.6 Å². The van der Waals surface area contributed by atoms with Crippen molar-refractivity contribution in [3.63, 3.8) is 0 Å². The van der Waals surface area contributed by atoms with Crippen molar-refractivity contribution in [1.29, 1.82) is 0 Å². The molecule has 4 aliphatic heterocycles. The van der Waals surface area contributed by atoms with Gasteiger partial charge in [-0.05, 0) is 153 Å². The second kappa shape index (κ2) is 29.0. The highest BCUT2D eigenvalue weighted by Gasteiger charge is 2.45. The molecule has 6 atom stereocenters. The third kappa shape index (κ3) is 14.2. The summed E-state index contributed by atoms with van der Waals surface area (Å²) in [6.07, 6.45) is 12.5. The standard InChI is InChI=1S/C76H84N14O8/c1-6-55(4)89-73(91)87(52-81-89)66-19-15-63(16-20-66)83-33-35-85(36-34-83)65-23-26-69(27-24-65)93-48-70-50-95-75(97-70,44-58-29-31-77-79-46-58)61-13-11-57(12-14-61)42-60-43-68(86-39-37-84(38-40-86)64-17-21-67(22-18-64)88-53-82-90(74(88)92)56(5)7-2)25-28-72(60)94-49-71-51-96-76(98-71,45-59-30-32-78-80-47-59)62-10-8-9-54(3)41-62/h8-32,41,43,46-47,52-53,55-56,70-71H,6-7,33-40,42,44-45,48-51H2,1-5H3/t55?,56?,70-,71-,75+,76+/m1/s1. The Morgan fingerprint density at radius 2 is 0.949 bits per heavy atom. The Kier molecular flexibility index (Phi) is 19.3. The molecule has 14 rings (SSSR count). The van der Waals surface area contributed by atoms with E-state index < -0.39 is 11.6 Å². The highest BCUT2D eigenvalue weighted by Crippen LogP contribution is 2.41. The number of benzene rings is 6. The molecule has 6 aromatic carbocycles. The van der Waals surface area contributed by atoms with Crippen LogP contribution in [0.4, 0.5) is 22.7 Å². The normalized spacial score (nSPS) is 20.2. The molecule has 0 saturated carbocycles. The van der Waals surface area contributed by atoms with Gasteiger partial charge in [-0.15, -0.1) is 0 Å². The first-order chi connectivity index (χ1) is 47.9. The number of ether oxygens (including phenoxy) is 6. The molecule has 0 amide bonds. The first-order valence-corrected chi connectivity index (χ1v) is 34.2. The van der Waals surface area contributed by atoms with Crippen molar-refractivity contribution in [2.75, 3.05) is 98.4 Å². The number of hydrogen-bond acceptors (Lipinski definition) is 18. The number of aromatic nitrogens is 10. The Morgan fingerprint density at radius 3 is 1.43 bits per heavy atom. The average molecular weight is 1320 g/mol. The van der Waals surface area contributed by atoms with E-state index >= 15 is 0 Å². The van der Waals surface area contributed by atoms with Crippen molar-refractivity contribution in [3.8, 4) is 22.9 Å². The number of rotatable bonds is 24. The van der Waals surface area contributed by atoms with E-state index in [1.807, 2.05) is 68.4 Å². The summed E-state index contributed by atoms with van der Waals surface area (Å²) in [5.74, 6) is -0.621. The quantitative estimate of drug-likeness (QED) is 0.0553. The van der Waals surface area contributed by atoms with E-state index in [0.29, 0.717) is 39.1 Å².